The highest BCUT2D eigenvalue weighted by atomic mass is 16.3. The smallest absolute Gasteiger partial charge is 0.220 e. The summed E-state index contributed by atoms with van der Waals surface area (Å²) in [7, 11) is 0. The molecule has 13 heavy (non-hydrogen) atoms. The Morgan fingerprint density at radius 3 is 2.69 bits per heavy atom. The van der Waals surface area contributed by atoms with Crippen molar-refractivity contribution in [3.63, 3.8) is 0 Å². The normalized spacial score (nSPS) is 12.6. The van der Waals surface area contributed by atoms with Crippen LogP contribution in [0.5, 0.6) is 0 Å². The van der Waals surface area contributed by atoms with Gasteiger partial charge < -0.3 is 10.4 Å². The molecule has 0 saturated heterocycles. The molecule has 0 rings (SSSR count). The van der Waals surface area contributed by atoms with Crippen molar-refractivity contribution in [2.75, 3.05) is 6.54 Å². The number of allylic oxidation sites excluding steroid dienone is 1. The lowest BCUT2D eigenvalue weighted by Gasteiger charge is -2.14. The van der Waals surface area contributed by atoms with Crippen molar-refractivity contribution in [2.45, 2.75) is 32.8 Å². The summed E-state index contributed by atoms with van der Waals surface area (Å²) >= 11 is 0. The van der Waals surface area contributed by atoms with Crippen LogP contribution >= 0.6 is 0 Å². The van der Waals surface area contributed by atoms with Crippen LogP contribution in [0.3, 0.4) is 0 Å². The summed E-state index contributed by atoms with van der Waals surface area (Å²) in [5, 5.41) is 12.0. The first-order chi connectivity index (χ1) is 6.07. The van der Waals surface area contributed by atoms with Gasteiger partial charge in [0.15, 0.2) is 0 Å². The molecule has 1 unspecified atom stereocenters. The molecule has 3 nitrogen and oxygen atoms in total. The molecule has 1 atom stereocenters. The standard InChI is InChI=1S/C10H19NO2/c1-4-5-6-10(13)11-7-9(12)8(2)3/h4,8-9,12H,1,5-7H2,2-3H3,(H,11,13). The fourth-order valence-corrected chi connectivity index (χ4v) is 0.776. The highest BCUT2D eigenvalue weighted by Crippen LogP contribution is 1.99. The van der Waals surface area contributed by atoms with Gasteiger partial charge in [-0.3, -0.25) is 4.79 Å². The number of hydrogen-bond acceptors (Lipinski definition) is 2. The first-order valence-corrected chi connectivity index (χ1v) is 4.63. The van der Waals surface area contributed by atoms with Crippen LogP contribution in [0.25, 0.3) is 0 Å². The molecule has 0 bridgehead atoms. The first kappa shape index (κ1) is 12.2. The van der Waals surface area contributed by atoms with Crippen molar-refractivity contribution in [3.8, 4) is 0 Å². The van der Waals surface area contributed by atoms with Gasteiger partial charge in [-0.2, -0.15) is 0 Å². The fraction of sp³-hybridized carbons (Fsp3) is 0.700. The quantitative estimate of drug-likeness (QED) is 0.608. The van der Waals surface area contributed by atoms with Gasteiger partial charge in [0, 0.05) is 13.0 Å². The molecular weight excluding hydrogens is 166 g/mol. The highest BCUT2D eigenvalue weighted by Gasteiger charge is 2.09. The molecule has 0 aromatic carbocycles. The van der Waals surface area contributed by atoms with Crippen LogP contribution in [0, 0.1) is 5.92 Å². The van der Waals surface area contributed by atoms with E-state index in [1.165, 1.54) is 0 Å². The zero-order valence-electron chi connectivity index (χ0n) is 8.42. The number of nitrogens with one attached hydrogen (secondary N) is 1. The maximum Gasteiger partial charge on any atom is 0.220 e. The predicted octanol–water partition coefficient (Wildman–Crippen LogP) is 1.09. The molecule has 0 spiro atoms. The molecule has 0 aliphatic rings. The number of carbonyl (C=O) groups excluding carboxylic acids is 1. The Labute approximate surface area is 79.8 Å². The zero-order valence-corrected chi connectivity index (χ0v) is 8.42. The summed E-state index contributed by atoms with van der Waals surface area (Å²) in [6.07, 6.45) is 2.39. The number of aliphatic hydroxyl groups excluding tert-OH is 1. The van der Waals surface area contributed by atoms with Gasteiger partial charge in [-0.15, -0.1) is 6.58 Å². The Bertz CT molecular complexity index is 166. The van der Waals surface area contributed by atoms with E-state index in [1.807, 2.05) is 13.8 Å². The van der Waals surface area contributed by atoms with E-state index in [9.17, 15) is 9.90 Å². The van der Waals surface area contributed by atoms with E-state index in [4.69, 9.17) is 0 Å². The molecule has 2 N–H and O–H groups in total. The second-order valence-corrected chi connectivity index (χ2v) is 3.44. The second kappa shape index (κ2) is 6.66. The third kappa shape index (κ3) is 6.34. The molecule has 0 fully saturated rings. The van der Waals surface area contributed by atoms with Crippen LogP contribution in [0.2, 0.25) is 0 Å². The van der Waals surface area contributed by atoms with Crippen LogP contribution in [-0.4, -0.2) is 23.7 Å². The molecule has 0 radical (unpaired) electrons. The van der Waals surface area contributed by atoms with Crippen LogP contribution in [0.4, 0.5) is 0 Å². The third-order valence-corrected chi connectivity index (χ3v) is 1.85. The predicted molar refractivity (Wildman–Crippen MR) is 53.3 cm³/mol. The van der Waals surface area contributed by atoms with Gasteiger partial charge in [0.25, 0.3) is 0 Å². The molecule has 76 valence electrons. The fourth-order valence-electron chi connectivity index (χ4n) is 0.776. The molecule has 0 aliphatic carbocycles. The Morgan fingerprint density at radius 1 is 1.62 bits per heavy atom. The van der Waals surface area contributed by atoms with Crippen LogP contribution < -0.4 is 5.32 Å². The van der Waals surface area contributed by atoms with Crippen molar-refractivity contribution < 1.29 is 9.90 Å². The molecule has 0 saturated carbocycles. The van der Waals surface area contributed by atoms with Crippen LogP contribution in [-0.2, 0) is 4.79 Å². The number of rotatable bonds is 6. The lowest BCUT2D eigenvalue weighted by atomic mass is 10.1. The first-order valence-electron chi connectivity index (χ1n) is 4.63. The van der Waals surface area contributed by atoms with Crippen molar-refractivity contribution in [3.05, 3.63) is 12.7 Å². The summed E-state index contributed by atoms with van der Waals surface area (Å²) in [6, 6.07) is 0. The van der Waals surface area contributed by atoms with Crippen molar-refractivity contribution in [1.29, 1.82) is 0 Å². The summed E-state index contributed by atoms with van der Waals surface area (Å²) < 4.78 is 0. The Kier molecular flexibility index (Phi) is 6.24. The Balaban J connectivity index is 3.51. The van der Waals surface area contributed by atoms with Gasteiger partial charge in [0.2, 0.25) is 5.91 Å². The van der Waals surface area contributed by atoms with Crippen LogP contribution in [0.1, 0.15) is 26.7 Å². The number of carbonyl (C=O) groups is 1. The van der Waals surface area contributed by atoms with E-state index in [0.29, 0.717) is 19.4 Å². The zero-order chi connectivity index (χ0) is 10.3. The van der Waals surface area contributed by atoms with E-state index in [2.05, 4.69) is 11.9 Å². The van der Waals surface area contributed by atoms with Gasteiger partial charge in [0.1, 0.15) is 0 Å². The van der Waals surface area contributed by atoms with E-state index in [0.717, 1.165) is 0 Å². The summed E-state index contributed by atoms with van der Waals surface area (Å²) in [5.74, 6) is 0.152. The third-order valence-electron chi connectivity index (χ3n) is 1.85. The molecule has 0 aliphatic heterocycles. The average Bonchev–Trinajstić information content (AvgIpc) is 2.10. The largest absolute Gasteiger partial charge is 0.391 e. The van der Waals surface area contributed by atoms with Gasteiger partial charge in [-0.25, -0.2) is 0 Å². The van der Waals surface area contributed by atoms with Crippen molar-refractivity contribution in [1.82, 2.24) is 5.32 Å². The number of hydrogen-bond donors (Lipinski definition) is 2. The minimum Gasteiger partial charge on any atom is -0.391 e. The topological polar surface area (TPSA) is 49.3 Å². The molecule has 0 aromatic heterocycles. The van der Waals surface area contributed by atoms with Gasteiger partial charge >= 0.3 is 0 Å². The van der Waals surface area contributed by atoms with E-state index in [1.54, 1.807) is 6.08 Å². The Morgan fingerprint density at radius 2 is 2.23 bits per heavy atom. The van der Waals surface area contributed by atoms with Gasteiger partial charge in [-0.05, 0) is 12.3 Å². The monoisotopic (exact) mass is 185 g/mol. The lowest BCUT2D eigenvalue weighted by Crippen LogP contribution is -2.34. The molecule has 0 aromatic rings. The maximum atomic E-state index is 11.1. The lowest BCUT2D eigenvalue weighted by molar-refractivity contribution is -0.121. The minimum atomic E-state index is -0.451. The molecule has 3 heteroatoms. The summed E-state index contributed by atoms with van der Waals surface area (Å²) in [4.78, 5) is 11.1. The average molecular weight is 185 g/mol. The molecular formula is C10H19NO2. The van der Waals surface area contributed by atoms with Gasteiger partial charge in [-0.1, -0.05) is 19.9 Å². The second-order valence-electron chi connectivity index (χ2n) is 3.44. The maximum absolute atomic E-state index is 11.1. The van der Waals surface area contributed by atoms with Gasteiger partial charge in [0.05, 0.1) is 6.10 Å². The van der Waals surface area contributed by atoms with Crippen LogP contribution in [0.15, 0.2) is 12.7 Å². The molecule has 0 heterocycles. The minimum absolute atomic E-state index is 0.0281. The molecule has 1 amide bonds. The van der Waals surface area contributed by atoms with E-state index >= 15 is 0 Å². The number of amides is 1. The van der Waals surface area contributed by atoms with E-state index < -0.39 is 6.10 Å². The highest BCUT2D eigenvalue weighted by molar-refractivity contribution is 5.75. The van der Waals surface area contributed by atoms with E-state index in [-0.39, 0.29) is 11.8 Å². The van der Waals surface area contributed by atoms with Crippen molar-refractivity contribution >= 4 is 5.91 Å². The SMILES string of the molecule is C=CCCC(=O)NCC(O)C(C)C. The Hall–Kier alpha value is -0.830. The summed E-state index contributed by atoms with van der Waals surface area (Å²) in [5.41, 5.74) is 0. The number of aliphatic hydroxyl groups is 1. The van der Waals surface area contributed by atoms with Crippen molar-refractivity contribution in [2.24, 2.45) is 5.92 Å². The summed E-state index contributed by atoms with van der Waals surface area (Å²) in [6.45, 7) is 7.70.